The monoisotopic (exact) mass is 340 g/mol. The van der Waals surface area contributed by atoms with Crippen molar-refractivity contribution >= 4 is 5.96 Å². The molecule has 0 atom stereocenters. The number of hydrogen-bond acceptors (Lipinski definition) is 3. The number of benzene rings is 1. The SMILES string of the molecule is CCOc1ccc(CN(C)C(=NC)NCCc2ccncc2C)cc1. The Balaban J connectivity index is 1.86. The van der Waals surface area contributed by atoms with Gasteiger partial charge in [0.1, 0.15) is 5.75 Å². The van der Waals surface area contributed by atoms with Crippen LogP contribution < -0.4 is 10.1 Å². The molecule has 5 nitrogen and oxygen atoms in total. The molecule has 1 aromatic heterocycles. The molecule has 1 heterocycles. The highest BCUT2D eigenvalue weighted by atomic mass is 16.5. The largest absolute Gasteiger partial charge is 0.494 e. The average molecular weight is 340 g/mol. The van der Waals surface area contributed by atoms with E-state index < -0.39 is 0 Å². The smallest absolute Gasteiger partial charge is 0.193 e. The van der Waals surface area contributed by atoms with Crippen molar-refractivity contribution in [3.63, 3.8) is 0 Å². The number of aryl methyl sites for hydroxylation is 1. The van der Waals surface area contributed by atoms with Gasteiger partial charge >= 0.3 is 0 Å². The van der Waals surface area contributed by atoms with Crippen molar-refractivity contribution in [2.24, 2.45) is 4.99 Å². The van der Waals surface area contributed by atoms with Gasteiger partial charge in [-0.3, -0.25) is 9.98 Å². The lowest BCUT2D eigenvalue weighted by Gasteiger charge is -2.22. The van der Waals surface area contributed by atoms with Gasteiger partial charge in [0.25, 0.3) is 0 Å². The van der Waals surface area contributed by atoms with Crippen LogP contribution in [0.5, 0.6) is 5.75 Å². The van der Waals surface area contributed by atoms with E-state index in [1.54, 1.807) is 0 Å². The Hall–Kier alpha value is -2.56. The van der Waals surface area contributed by atoms with E-state index in [1.807, 2.05) is 45.5 Å². The molecule has 0 saturated heterocycles. The third kappa shape index (κ3) is 5.78. The van der Waals surface area contributed by atoms with Gasteiger partial charge in [-0.2, -0.15) is 0 Å². The quantitative estimate of drug-likeness (QED) is 0.622. The van der Waals surface area contributed by atoms with E-state index >= 15 is 0 Å². The molecule has 0 fully saturated rings. The summed E-state index contributed by atoms with van der Waals surface area (Å²) in [6.45, 7) is 6.40. The summed E-state index contributed by atoms with van der Waals surface area (Å²) in [6.07, 6.45) is 4.70. The van der Waals surface area contributed by atoms with Gasteiger partial charge < -0.3 is 15.0 Å². The number of rotatable bonds is 7. The summed E-state index contributed by atoms with van der Waals surface area (Å²) in [5.74, 6) is 1.80. The Morgan fingerprint density at radius 3 is 2.64 bits per heavy atom. The van der Waals surface area contributed by atoms with Gasteiger partial charge in [-0.25, -0.2) is 0 Å². The number of guanidine groups is 1. The van der Waals surface area contributed by atoms with Gasteiger partial charge in [-0.1, -0.05) is 12.1 Å². The van der Waals surface area contributed by atoms with E-state index in [0.717, 1.165) is 31.2 Å². The number of ether oxygens (including phenoxy) is 1. The summed E-state index contributed by atoms with van der Waals surface area (Å²) in [6, 6.07) is 10.3. The molecule has 0 aliphatic carbocycles. The summed E-state index contributed by atoms with van der Waals surface area (Å²) in [5.41, 5.74) is 3.76. The molecule has 25 heavy (non-hydrogen) atoms. The fourth-order valence-corrected chi connectivity index (χ4v) is 2.68. The van der Waals surface area contributed by atoms with Crippen LogP contribution in [0.25, 0.3) is 0 Å². The zero-order valence-corrected chi connectivity index (χ0v) is 15.6. The lowest BCUT2D eigenvalue weighted by atomic mass is 10.1. The molecule has 2 aromatic rings. The second-order valence-electron chi connectivity index (χ2n) is 5.96. The van der Waals surface area contributed by atoms with Gasteiger partial charge in [0, 0.05) is 39.6 Å². The number of pyridine rings is 1. The first kappa shape index (κ1) is 18.8. The number of aliphatic imine (C=N–C) groups is 1. The summed E-state index contributed by atoms with van der Waals surface area (Å²) >= 11 is 0. The van der Waals surface area contributed by atoms with Gasteiger partial charge in [-0.05, 0) is 55.2 Å². The standard InChI is InChI=1S/C20H28N4O/c1-5-25-19-8-6-17(7-9-19)15-24(4)20(21-3)23-13-11-18-10-12-22-14-16(18)2/h6-10,12,14H,5,11,13,15H2,1-4H3,(H,21,23). The molecule has 0 spiro atoms. The van der Waals surface area contributed by atoms with Crippen LogP contribution in [0.15, 0.2) is 47.7 Å². The van der Waals surface area contributed by atoms with E-state index in [-0.39, 0.29) is 0 Å². The highest BCUT2D eigenvalue weighted by Gasteiger charge is 2.07. The maximum Gasteiger partial charge on any atom is 0.193 e. The summed E-state index contributed by atoms with van der Waals surface area (Å²) in [4.78, 5) is 10.6. The van der Waals surface area contributed by atoms with E-state index in [1.165, 1.54) is 16.7 Å². The molecule has 2 rings (SSSR count). The molecule has 0 radical (unpaired) electrons. The molecule has 1 N–H and O–H groups in total. The second-order valence-corrected chi connectivity index (χ2v) is 5.96. The number of nitrogens with zero attached hydrogens (tertiary/aromatic N) is 3. The maximum atomic E-state index is 5.49. The Bertz CT molecular complexity index is 682. The molecular formula is C20H28N4O. The molecule has 0 unspecified atom stereocenters. The second kappa shape index (κ2) is 9.67. The molecule has 0 aliphatic rings. The Morgan fingerprint density at radius 2 is 2.00 bits per heavy atom. The molecule has 5 heteroatoms. The van der Waals surface area contributed by atoms with Crippen LogP contribution in [0, 0.1) is 6.92 Å². The Morgan fingerprint density at radius 1 is 1.24 bits per heavy atom. The van der Waals surface area contributed by atoms with Crippen molar-refractivity contribution < 1.29 is 4.74 Å². The number of hydrogen-bond donors (Lipinski definition) is 1. The number of nitrogens with one attached hydrogen (secondary N) is 1. The van der Waals surface area contributed by atoms with Gasteiger partial charge in [0.2, 0.25) is 0 Å². The van der Waals surface area contributed by atoms with Gasteiger partial charge in [0.05, 0.1) is 6.61 Å². The van der Waals surface area contributed by atoms with E-state index in [9.17, 15) is 0 Å². The zero-order chi connectivity index (χ0) is 18.1. The minimum atomic E-state index is 0.687. The van der Waals surface area contributed by atoms with Crippen LogP contribution in [-0.2, 0) is 13.0 Å². The first-order valence-corrected chi connectivity index (χ1v) is 8.67. The molecule has 0 aliphatic heterocycles. The summed E-state index contributed by atoms with van der Waals surface area (Å²) in [5, 5.41) is 3.43. The van der Waals surface area contributed by atoms with Crippen LogP contribution >= 0.6 is 0 Å². The van der Waals surface area contributed by atoms with Crippen molar-refractivity contribution in [2.75, 3.05) is 27.2 Å². The minimum absolute atomic E-state index is 0.687. The Labute approximate surface area is 150 Å². The summed E-state index contributed by atoms with van der Waals surface area (Å²) in [7, 11) is 3.86. The maximum absolute atomic E-state index is 5.49. The predicted octanol–water partition coefficient (Wildman–Crippen LogP) is 3.04. The van der Waals surface area contributed by atoms with Gasteiger partial charge in [-0.15, -0.1) is 0 Å². The van der Waals surface area contributed by atoms with Crippen molar-refractivity contribution in [3.8, 4) is 5.75 Å². The number of aromatic nitrogens is 1. The van der Waals surface area contributed by atoms with Crippen LogP contribution in [0.2, 0.25) is 0 Å². The minimum Gasteiger partial charge on any atom is -0.494 e. The van der Waals surface area contributed by atoms with E-state index in [2.05, 4.69) is 45.3 Å². The first-order chi connectivity index (χ1) is 12.1. The van der Waals surface area contributed by atoms with Crippen molar-refractivity contribution in [1.29, 1.82) is 0 Å². The highest BCUT2D eigenvalue weighted by molar-refractivity contribution is 5.79. The van der Waals surface area contributed by atoms with Crippen molar-refractivity contribution in [1.82, 2.24) is 15.2 Å². The summed E-state index contributed by atoms with van der Waals surface area (Å²) < 4.78 is 5.49. The Kier molecular flexibility index (Phi) is 7.26. The normalized spacial score (nSPS) is 11.3. The van der Waals surface area contributed by atoms with Crippen molar-refractivity contribution in [3.05, 3.63) is 59.4 Å². The fraction of sp³-hybridized carbons (Fsp3) is 0.400. The third-order valence-corrected chi connectivity index (χ3v) is 4.04. The zero-order valence-electron chi connectivity index (χ0n) is 15.6. The van der Waals surface area contributed by atoms with Crippen LogP contribution in [-0.4, -0.2) is 43.1 Å². The van der Waals surface area contributed by atoms with Crippen LogP contribution in [0.3, 0.4) is 0 Å². The van der Waals surface area contributed by atoms with Crippen LogP contribution in [0.1, 0.15) is 23.6 Å². The molecule has 0 bridgehead atoms. The highest BCUT2D eigenvalue weighted by Crippen LogP contribution is 2.13. The van der Waals surface area contributed by atoms with Gasteiger partial charge in [0.15, 0.2) is 5.96 Å². The molecule has 1 aromatic carbocycles. The molecule has 134 valence electrons. The van der Waals surface area contributed by atoms with Crippen molar-refractivity contribution in [2.45, 2.75) is 26.8 Å². The molecular weight excluding hydrogens is 312 g/mol. The molecule has 0 amide bonds. The van der Waals surface area contributed by atoms with E-state index in [0.29, 0.717) is 6.61 Å². The fourth-order valence-electron chi connectivity index (χ4n) is 2.68. The van der Waals surface area contributed by atoms with E-state index in [4.69, 9.17) is 4.74 Å². The topological polar surface area (TPSA) is 49.8 Å². The predicted molar refractivity (Wildman–Crippen MR) is 103 cm³/mol. The average Bonchev–Trinajstić information content (AvgIpc) is 2.62. The third-order valence-electron chi connectivity index (χ3n) is 4.04. The lowest BCUT2D eigenvalue weighted by Crippen LogP contribution is -2.39. The molecule has 0 saturated carbocycles. The lowest BCUT2D eigenvalue weighted by molar-refractivity contribution is 0.340. The van der Waals surface area contributed by atoms with Crippen LogP contribution in [0.4, 0.5) is 0 Å². The first-order valence-electron chi connectivity index (χ1n) is 8.67.